The van der Waals surface area contributed by atoms with Gasteiger partial charge in [0.1, 0.15) is 0 Å². The van der Waals surface area contributed by atoms with E-state index in [0.29, 0.717) is 6.04 Å². The number of piperazine rings is 1. The molecule has 3 nitrogen and oxygen atoms in total. The molecule has 106 valence electrons. The molecule has 0 aliphatic carbocycles. The topological polar surface area (TPSA) is 27.3 Å². The van der Waals surface area contributed by atoms with Crippen molar-refractivity contribution in [2.75, 3.05) is 39.3 Å². The molecule has 1 aromatic rings. The van der Waals surface area contributed by atoms with E-state index in [1.54, 1.807) is 0 Å². The van der Waals surface area contributed by atoms with Crippen LogP contribution in [-0.4, -0.2) is 50.2 Å². The van der Waals surface area contributed by atoms with Crippen molar-refractivity contribution in [1.82, 2.24) is 15.5 Å². The Bertz CT molecular complexity index is 333. The Labute approximate surface area is 117 Å². The molecule has 19 heavy (non-hydrogen) atoms. The summed E-state index contributed by atoms with van der Waals surface area (Å²) in [6.45, 7) is 9.24. The van der Waals surface area contributed by atoms with Gasteiger partial charge >= 0.3 is 0 Å². The number of benzene rings is 1. The Kier molecular flexibility index (Phi) is 6.34. The molecule has 0 radical (unpaired) electrons. The van der Waals surface area contributed by atoms with E-state index in [9.17, 15) is 0 Å². The van der Waals surface area contributed by atoms with Gasteiger partial charge in [0, 0.05) is 32.2 Å². The maximum atomic E-state index is 3.56. The number of nitrogens with one attached hydrogen (secondary N) is 2. The molecule has 0 amide bonds. The van der Waals surface area contributed by atoms with E-state index in [1.165, 1.54) is 25.1 Å². The van der Waals surface area contributed by atoms with Crippen LogP contribution in [0, 0.1) is 0 Å². The molecule has 1 aliphatic heterocycles. The zero-order valence-electron chi connectivity index (χ0n) is 12.1. The first-order valence-electron chi connectivity index (χ1n) is 7.55. The maximum absolute atomic E-state index is 3.56. The molecule has 1 saturated heterocycles. The van der Waals surface area contributed by atoms with Crippen LogP contribution >= 0.6 is 0 Å². The highest BCUT2D eigenvalue weighted by Crippen LogP contribution is 2.04. The maximum Gasteiger partial charge on any atom is 0.0110 e. The Hall–Kier alpha value is -0.900. The fourth-order valence-electron chi connectivity index (χ4n) is 2.62. The Morgan fingerprint density at radius 3 is 2.63 bits per heavy atom. The van der Waals surface area contributed by atoms with Gasteiger partial charge in [-0.25, -0.2) is 0 Å². The average Bonchev–Trinajstić information content (AvgIpc) is 2.49. The van der Waals surface area contributed by atoms with Crippen LogP contribution in [0.25, 0.3) is 0 Å². The van der Waals surface area contributed by atoms with Crippen molar-refractivity contribution >= 4 is 0 Å². The highest BCUT2D eigenvalue weighted by molar-refractivity contribution is 5.14. The van der Waals surface area contributed by atoms with Crippen molar-refractivity contribution in [2.45, 2.75) is 25.8 Å². The summed E-state index contributed by atoms with van der Waals surface area (Å²) < 4.78 is 0. The van der Waals surface area contributed by atoms with Crippen molar-refractivity contribution in [3.05, 3.63) is 35.9 Å². The van der Waals surface area contributed by atoms with Crippen molar-refractivity contribution in [3.63, 3.8) is 0 Å². The van der Waals surface area contributed by atoms with Gasteiger partial charge in [0.25, 0.3) is 0 Å². The van der Waals surface area contributed by atoms with E-state index >= 15 is 0 Å². The largest absolute Gasteiger partial charge is 0.316 e. The summed E-state index contributed by atoms with van der Waals surface area (Å²) in [5.41, 5.74) is 1.42. The van der Waals surface area contributed by atoms with Crippen LogP contribution in [0.15, 0.2) is 30.3 Å². The molecule has 0 aromatic heterocycles. The highest BCUT2D eigenvalue weighted by Gasteiger charge is 2.15. The molecule has 1 unspecified atom stereocenters. The Balaban J connectivity index is 1.54. The van der Waals surface area contributed by atoms with Gasteiger partial charge in [-0.3, -0.25) is 4.90 Å². The average molecular weight is 261 g/mol. The second-order valence-electron chi connectivity index (χ2n) is 5.41. The van der Waals surface area contributed by atoms with Gasteiger partial charge in [-0.05, 0) is 38.4 Å². The standard InChI is InChI=1S/C16H27N3/c1-15(19-13-11-18-12-14-19)7-9-17-10-8-16-5-3-2-4-6-16/h2-6,15,17-18H,7-14H2,1H3. The van der Waals surface area contributed by atoms with Crippen LogP contribution in [0.3, 0.4) is 0 Å². The number of hydrogen-bond acceptors (Lipinski definition) is 3. The van der Waals surface area contributed by atoms with Crippen LogP contribution in [0.4, 0.5) is 0 Å². The molecule has 3 heteroatoms. The minimum absolute atomic E-state index is 0.700. The monoisotopic (exact) mass is 261 g/mol. The minimum atomic E-state index is 0.700. The lowest BCUT2D eigenvalue weighted by Gasteiger charge is -2.32. The predicted molar refractivity (Wildman–Crippen MR) is 81.5 cm³/mol. The van der Waals surface area contributed by atoms with Crippen LogP contribution in [0.5, 0.6) is 0 Å². The van der Waals surface area contributed by atoms with E-state index in [1.807, 2.05) is 0 Å². The number of hydrogen-bond donors (Lipinski definition) is 2. The molecular formula is C16H27N3. The van der Waals surface area contributed by atoms with Gasteiger partial charge in [0.05, 0.1) is 0 Å². The summed E-state index contributed by atoms with van der Waals surface area (Å²) in [6, 6.07) is 11.4. The van der Waals surface area contributed by atoms with Crippen molar-refractivity contribution in [1.29, 1.82) is 0 Å². The lowest BCUT2D eigenvalue weighted by Crippen LogP contribution is -2.48. The van der Waals surface area contributed by atoms with Gasteiger partial charge in [-0.1, -0.05) is 30.3 Å². The SMILES string of the molecule is CC(CCNCCc1ccccc1)N1CCNCC1. The molecule has 1 aliphatic rings. The Morgan fingerprint density at radius 1 is 1.16 bits per heavy atom. The summed E-state index contributed by atoms with van der Waals surface area (Å²) in [6.07, 6.45) is 2.37. The summed E-state index contributed by atoms with van der Waals surface area (Å²) >= 11 is 0. The zero-order chi connectivity index (χ0) is 13.3. The molecule has 1 heterocycles. The van der Waals surface area contributed by atoms with E-state index < -0.39 is 0 Å². The van der Waals surface area contributed by atoms with Crippen molar-refractivity contribution < 1.29 is 0 Å². The second-order valence-corrected chi connectivity index (χ2v) is 5.41. The second kappa shape index (κ2) is 8.31. The third-order valence-corrected chi connectivity index (χ3v) is 3.95. The molecule has 1 fully saturated rings. The molecule has 1 atom stereocenters. The number of rotatable bonds is 7. The third-order valence-electron chi connectivity index (χ3n) is 3.95. The van der Waals surface area contributed by atoms with Crippen LogP contribution in [-0.2, 0) is 6.42 Å². The molecule has 0 spiro atoms. The quantitative estimate of drug-likeness (QED) is 0.729. The first-order chi connectivity index (χ1) is 9.36. The van der Waals surface area contributed by atoms with E-state index in [-0.39, 0.29) is 0 Å². The fraction of sp³-hybridized carbons (Fsp3) is 0.625. The van der Waals surface area contributed by atoms with Crippen LogP contribution in [0.2, 0.25) is 0 Å². The zero-order valence-corrected chi connectivity index (χ0v) is 12.1. The third kappa shape index (κ3) is 5.31. The lowest BCUT2D eigenvalue weighted by molar-refractivity contribution is 0.176. The van der Waals surface area contributed by atoms with Gasteiger partial charge in [-0.2, -0.15) is 0 Å². The van der Waals surface area contributed by atoms with E-state index in [0.717, 1.165) is 32.6 Å². The van der Waals surface area contributed by atoms with Crippen LogP contribution < -0.4 is 10.6 Å². The first-order valence-corrected chi connectivity index (χ1v) is 7.55. The van der Waals surface area contributed by atoms with Gasteiger partial charge in [0.2, 0.25) is 0 Å². The molecule has 2 N–H and O–H groups in total. The Morgan fingerprint density at radius 2 is 1.89 bits per heavy atom. The first kappa shape index (κ1) is 14.5. The molecule has 2 rings (SSSR count). The van der Waals surface area contributed by atoms with Gasteiger partial charge < -0.3 is 10.6 Å². The summed E-state index contributed by atoms with van der Waals surface area (Å²) in [5.74, 6) is 0. The molecular weight excluding hydrogens is 234 g/mol. The summed E-state index contributed by atoms with van der Waals surface area (Å²) in [5, 5.41) is 6.97. The van der Waals surface area contributed by atoms with Gasteiger partial charge in [0.15, 0.2) is 0 Å². The number of nitrogens with zero attached hydrogens (tertiary/aromatic N) is 1. The highest BCUT2D eigenvalue weighted by atomic mass is 15.2. The summed E-state index contributed by atoms with van der Waals surface area (Å²) in [7, 11) is 0. The molecule has 0 bridgehead atoms. The summed E-state index contributed by atoms with van der Waals surface area (Å²) in [4.78, 5) is 2.59. The van der Waals surface area contributed by atoms with E-state index in [4.69, 9.17) is 0 Å². The van der Waals surface area contributed by atoms with Gasteiger partial charge in [-0.15, -0.1) is 0 Å². The smallest absolute Gasteiger partial charge is 0.0110 e. The van der Waals surface area contributed by atoms with Crippen molar-refractivity contribution in [3.8, 4) is 0 Å². The lowest BCUT2D eigenvalue weighted by atomic mass is 10.1. The predicted octanol–water partition coefficient (Wildman–Crippen LogP) is 1.50. The van der Waals surface area contributed by atoms with Crippen LogP contribution in [0.1, 0.15) is 18.9 Å². The molecule has 1 aromatic carbocycles. The fourth-order valence-corrected chi connectivity index (χ4v) is 2.62. The van der Waals surface area contributed by atoms with Crippen molar-refractivity contribution in [2.24, 2.45) is 0 Å². The van der Waals surface area contributed by atoms with E-state index in [2.05, 4.69) is 52.8 Å². The molecule has 0 saturated carbocycles. The normalized spacial score (nSPS) is 18.4. The minimum Gasteiger partial charge on any atom is -0.316 e.